The summed E-state index contributed by atoms with van der Waals surface area (Å²) in [5.74, 6) is -0.358. The van der Waals surface area contributed by atoms with Gasteiger partial charge in [0.2, 0.25) is 5.78 Å². The number of rotatable bonds is 8. The topological polar surface area (TPSA) is 92.0 Å². The molecule has 0 unspecified atom stereocenters. The molecule has 0 saturated carbocycles. The molecule has 24 heavy (non-hydrogen) atoms. The summed E-state index contributed by atoms with van der Waals surface area (Å²) in [4.78, 5) is 20.0. The van der Waals surface area contributed by atoms with E-state index >= 15 is 0 Å². The van der Waals surface area contributed by atoms with Gasteiger partial charge < -0.3 is 13.8 Å². The summed E-state index contributed by atoms with van der Waals surface area (Å²) in [5.41, 5.74) is 0.605. The van der Waals surface area contributed by atoms with Gasteiger partial charge in [-0.1, -0.05) is 11.6 Å². The number of carbonyl (C=O) groups excluding carboxylic acids is 1. The number of fused-ring (bicyclic) bond motifs is 1. The van der Waals surface area contributed by atoms with Crippen LogP contribution in [0.2, 0.25) is 5.15 Å². The second-order valence-corrected chi connectivity index (χ2v) is 7.13. The van der Waals surface area contributed by atoms with E-state index < -0.39 is 13.6 Å². The second-order valence-electron chi connectivity index (χ2n) is 4.69. The molecule has 0 atom stereocenters. The molecule has 2 aromatic rings. The normalized spacial score (nSPS) is 11.8. The predicted octanol–water partition coefficient (Wildman–Crippen LogP) is 3.33. The van der Waals surface area contributed by atoms with E-state index in [0.717, 1.165) is 0 Å². The van der Waals surface area contributed by atoms with Gasteiger partial charge in [0, 0.05) is 11.9 Å². The molecule has 0 bridgehead atoms. The van der Waals surface area contributed by atoms with Gasteiger partial charge in [-0.2, -0.15) is 0 Å². The fraction of sp³-hybridized carbons (Fsp3) is 0.500. The molecule has 0 aromatic carbocycles. The van der Waals surface area contributed by atoms with Crippen molar-refractivity contribution in [2.75, 3.05) is 19.8 Å². The highest BCUT2D eigenvalue weighted by Gasteiger charge is 2.26. The van der Waals surface area contributed by atoms with Crippen molar-refractivity contribution in [2.24, 2.45) is 0 Å². The average Bonchev–Trinajstić information content (AvgIpc) is 2.92. The average molecular weight is 376 g/mol. The van der Waals surface area contributed by atoms with E-state index in [2.05, 4.69) is 9.97 Å². The summed E-state index contributed by atoms with van der Waals surface area (Å²) in [6.45, 7) is 5.90. The van der Waals surface area contributed by atoms with Gasteiger partial charge in [0.1, 0.15) is 5.15 Å². The van der Waals surface area contributed by atoms with Gasteiger partial charge in [-0.25, -0.2) is 14.8 Å². The van der Waals surface area contributed by atoms with Crippen LogP contribution in [0, 0.1) is 0 Å². The lowest BCUT2D eigenvalue weighted by molar-refractivity contribution is 0.0520. The molecule has 0 aliphatic carbocycles. The smallest absolute Gasteiger partial charge is 0.358 e. The maximum Gasteiger partial charge on any atom is 0.358 e. The molecule has 0 saturated heterocycles. The van der Waals surface area contributed by atoms with Crippen LogP contribution >= 0.6 is 19.2 Å². The number of hydrogen-bond donors (Lipinski definition) is 0. The zero-order valence-electron chi connectivity index (χ0n) is 13.7. The molecule has 0 fully saturated rings. The van der Waals surface area contributed by atoms with Crippen LogP contribution in [0.3, 0.4) is 0 Å². The Balaban J connectivity index is 2.45. The third-order valence-electron chi connectivity index (χ3n) is 2.98. The molecular weight excluding hydrogens is 357 g/mol. The molecule has 0 aliphatic heterocycles. The number of esters is 1. The molecule has 0 aliphatic rings. The van der Waals surface area contributed by atoms with Gasteiger partial charge in [0.25, 0.3) is 0 Å². The van der Waals surface area contributed by atoms with Crippen LogP contribution in [-0.4, -0.2) is 40.2 Å². The lowest BCUT2D eigenvalue weighted by Crippen LogP contribution is -2.05. The fourth-order valence-corrected chi connectivity index (χ4v) is 4.03. The monoisotopic (exact) mass is 375 g/mol. The third kappa shape index (κ3) is 4.33. The van der Waals surface area contributed by atoms with Crippen LogP contribution in [0.1, 0.15) is 37.0 Å². The third-order valence-corrected chi connectivity index (χ3v) is 5.19. The zero-order valence-corrected chi connectivity index (χ0v) is 15.3. The maximum atomic E-state index is 12.7. The van der Waals surface area contributed by atoms with Crippen LogP contribution in [0.25, 0.3) is 5.78 Å². The Kier molecular flexibility index (Phi) is 6.34. The molecule has 0 N–H and O–H groups in total. The zero-order chi connectivity index (χ0) is 17.7. The van der Waals surface area contributed by atoms with Crippen molar-refractivity contribution in [1.29, 1.82) is 0 Å². The number of nitrogens with zero attached hydrogens (tertiary/aromatic N) is 3. The number of imidazole rings is 1. The molecule has 0 amide bonds. The standard InChI is InChI=1S/C14H19ClN3O5P/c1-4-21-13(19)11-8-18-10(7-12(15)17-14(18)16-11)9-24(20,22-5-2)23-6-3/h7-8H,4-6,9H2,1-3H3. The number of aromatic nitrogens is 3. The second kappa shape index (κ2) is 8.07. The van der Waals surface area contributed by atoms with E-state index in [1.54, 1.807) is 20.8 Å². The Morgan fingerprint density at radius 3 is 2.46 bits per heavy atom. The first-order valence-corrected chi connectivity index (χ1v) is 9.62. The highest BCUT2D eigenvalue weighted by Crippen LogP contribution is 2.51. The van der Waals surface area contributed by atoms with Crippen molar-refractivity contribution in [3.8, 4) is 0 Å². The lowest BCUT2D eigenvalue weighted by atomic mass is 10.4. The predicted molar refractivity (Wildman–Crippen MR) is 88.5 cm³/mol. The Hall–Kier alpha value is -1.47. The molecule has 2 aromatic heterocycles. The van der Waals surface area contributed by atoms with E-state index in [9.17, 15) is 9.36 Å². The van der Waals surface area contributed by atoms with Gasteiger partial charge in [0.15, 0.2) is 5.69 Å². The first-order chi connectivity index (χ1) is 11.4. The Bertz CT molecular complexity index is 769. The van der Waals surface area contributed by atoms with Gasteiger partial charge in [-0.3, -0.25) is 8.97 Å². The van der Waals surface area contributed by atoms with Crippen molar-refractivity contribution in [3.63, 3.8) is 0 Å². The minimum Gasteiger partial charge on any atom is -0.461 e. The van der Waals surface area contributed by atoms with Crippen molar-refractivity contribution < 1.29 is 23.1 Å². The Morgan fingerprint density at radius 1 is 1.21 bits per heavy atom. The van der Waals surface area contributed by atoms with Gasteiger partial charge >= 0.3 is 13.6 Å². The summed E-state index contributed by atoms with van der Waals surface area (Å²) in [6.07, 6.45) is 1.44. The Labute approximate surface area is 144 Å². The summed E-state index contributed by atoms with van der Waals surface area (Å²) < 4.78 is 29.8. The molecule has 132 valence electrons. The summed E-state index contributed by atoms with van der Waals surface area (Å²) in [5, 5.41) is 0.165. The van der Waals surface area contributed by atoms with Gasteiger partial charge in [-0.15, -0.1) is 0 Å². The first-order valence-electron chi connectivity index (χ1n) is 7.52. The summed E-state index contributed by atoms with van der Waals surface area (Å²) in [7, 11) is -3.34. The number of carbonyl (C=O) groups is 1. The van der Waals surface area contributed by atoms with Crippen molar-refractivity contribution in [2.45, 2.75) is 26.9 Å². The van der Waals surface area contributed by atoms with Crippen LogP contribution in [-0.2, 0) is 24.5 Å². The maximum absolute atomic E-state index is 12.7. The van der Waals surface area contributed by atoms with Crippen LogP contribution in [0.15, 0.2) is 12.3 Å². The molecule has 2 heterocycles. The summed E-state index contributed by atoms with van der Waals surface area (Å²) in [6, 6.07) is 1.54. The molecule has 8 nitrogen and oxygen atoms in total. The van der Waals surface area contributed by atoms with E-state index in [4.69, 9.17) is 25.4 Å². The Morgan fingerprint density at radius 2 is 1.88 bits per heavy atom. The minimum absolute atomic E-state index is 0.0218. The SMILES string of the molecule is CCOC(=O)c1cn2c(CP(=O)(OCC)OCC)cc(Cl)nc2n1. The van der Waals surface area contributed by atoms with E-state index in [-0.39, 0.29) is 42.6 Å². The fourth-order valence-electron chi connectivity index (χ4n) is 2.14. The highest BCUT2D eigenvalue weighted by atomic mass is 35.5. The number of halogens is 1. The number of hydrogen-bond acceptors (Lipinski definition) is 7. The van der Waals surface area contributed by atoms with Gasteiger partial charge in [0.05, 0.1) is 26.0 Å². The highest BCUT2D eigenvalue weighted by molar-refractivity contribution is 7.53. The first kappa shape index (κ1) is 18.9. The molecule has 0 spiro atoms. The quantitative estimate of drug-likeness (QED) is 0.397. The van der Waals surface area contributed by atoms with E-state index in [1.807, 2.05) is 0 Å². The van der Waals surface area contributed by atoms with Crippen LogP contribution in [0.4, 0.5) is 0 Å². The van der Waals surface area contributed by atoms with E-state index in [0.29, 0.717) is 5.69 Å². The number of ether oxygens (including phenoxy) is 1. The molecule has 2 rings (SSSR count). The summed E-state index contributed by atoms with van der Waals surface area (Å²) >= 11 is 6.00. The minimum atomic E-state index is -3.34. The van der Waals surface area contributed by atoms with Gasteiger partial charge in [-0.05, 0) is 26.8 Å². The van der Waals surface area contributed by atoms with Crippen LogP contribution < -0.4 is 0 Å². The van der Waals surface area contributed by atoms with Crippen molar-refractivity contribution >= 4 is 30.9 Å². The molecule has 10 heteroatoms. The van der Waals surface area contributed by atoms with Crippen molar-refractivity contribution in [3.05, 3.63) is 28.8 Å². The lowest BCUT2D eigenvalue weighted by Gasteiger charge is -2.17. The van der Waals surface area contributed by atoms with Crippen molar-refractivity contribution in [1.82, 2.24) is 14.4 Å². The molecule has 0 radical (unpaired) electrons. The largest absolute Gasteiger partial charge is 0.461 e. The molecular formula is C14H19ClN3O5P. The van der Waals surface area contributed by atoms with E-state index in [1.165, 1.54) is 16.7 Å². The van der Waals surface area contributed by atoms with Crippen LogP contribution in [0.5, 0.6) is 0 Å².